The number of hydrogen-bond acceptors (Lipinski definition) is 3. The summed E-state index contributed by atoms with van der Waals surface area (Å²) in [5, 5.41) is 0. The average molecular weight is 263 g/mol. The lowest BCUT2D eigenvalue weighted by Gasteiger charge is -2.15. The molecule has 15 heavy (non-hydrogen) atoms. The molecule has 0 saturated heterocycles. The van der Waals surface area contributed by atoms with Gasteiger partial charge in [0, 0.05) is 11.9 Å². The van der Waals surface area contributed by atoms with Crippen LogP contribution in [0, 0.1) is 0 Å². The van der Waals surface area contributed by atoms with Crippen molar-refractivity contribution in [1.82, 2.24) is 4.90 Å². The minimum atomic E-state index is -0.0768. The zero-order valence-electron chi connectivity index (χ0n) is 8.20. The van der Waals surface area contributed by atoms with Gasteiger partial charge in [0.1, 0.15) is 0 Å². The van der Waals surface area contributed by atoms with Crippen molar-refractivity contribution in [2.24, 2.45) is 5.73 Å². The van der Waals surface area contributed by atoms with Gasteiger partial charge in [-0.05, 0) is 12.1 Å². The summed E-state index contributed by atoms with van der Waals surface area (Å²) in [5.74, 6) is -0.0768. The minimum Gasteiger partial charge on any atom is -0.393 e. The van der Waals surface area contributed by atoms with Crippen molar-refractivity contribution < 1.29 is 4.79 Å². The molecule has 1 rings (SSSR count). The summed E-state index contributed by atoms with van der Waals surface area (Å²) in [6.07, 6.45) is 0.116. The van der Waals surface area contributed by atoms with Crippen molar-refractivity contribution in [3.8, 4) is 0 Å². The Morgan fingerprint density at radius 1 is 1.67 bits per heavy atom. The Balaban J connectivity index is 2.51. The van der Waals surface area contributed by atoms with Crippen LogP contribution in [0.1, 0.15) is 11.3 Å². The van der Waals surface area contributed by atoms with Gasteiger partial charge < -0.3 is 10.6 Å². The summed E-state index contributed by atoms with van der Waals surface area (Å²) in [6.45, 7) is 0.541. The minimum absolute atomic E-state index is 0.0768. The standard InChI is InChI=1S/C9H11ClN2OS2/c1-12(9(13)4-8(11)14)5-6-2-3-7(10)15-6/h2-3H,4-5H2,1H3,(H2,11,14). The first-order valence-corrected chi connectivity index (χ1v) is 5.86. The number of thiocarbonyl (C=S) groups is 1. The highest BCUT2D eigenvalue weighted by molar-refractivity contribution is 7.80. The smallest absolute Gasteiger partial charge is 0.229 e. The number of carbonyl (C=O) groups excluding carboxylic acids is 1. The molecular formula is C9H11ClN2OS2. The lowest BCUT2D eigenvalue weighted by Crippen LogP contribution is -2.29. The monoisotopic (exact) mass is 262 g/mol. The van der Waals surface area contributed by atoms with E-state index in [0.29, 0.717) is 6.54 Å². The summed E-state index contributed by atoms with van der Waals surface area (Å²) in [6, 6.07) is 3.71. The molecule has 0 aromatic carbocycles. The molecule has 3 nitrogen and oxygen atoms in total. The molecule has 6 heteroatoms. The van der Waals surface area contributed by atoms with Crippen molar-refractivity contribution in [1.29, 1.82) is 0 Å². The highest BCUT2D eigenvalue weighted by Gasteiger charge is 2.11. The second kappa shape index (κ2) is 5.44. The van der Waals surface area contributed by atoms with E-state index in [4.69, 9.17) is 17.3 Å². The lowest BCUT2D eigenvalue weighted by atomic mass is 10.3. The van der Waals surface area contributed by atoms with Crippen LogP contribution < -0.4 is 5.73 Å². The van der Waals surface area contributed by atoms with E-state index in [-0.39, 0.29) is 17.3 Å². The van der Waals surface area contributed by atoms with Gasteiger partial charge >= 0.3 is 0 Å². The third kappa shape index (κ3) is 4.15. The summed E-state index contributed by atoms with van der Waals surface area (Å²) in [5.41, 5.74) is 5.29. The molecule has 0 aliphatic heterocycles. The van der Waals surface area contributed by atoms with Crippen LogP contribution in [0.3, 0.4) is 0 Å². The van der Waals surface area contributed by atoms with Crippen LogP contribution >= 0.6 is 35.2 Å². The summed E-state index contributed by atoms with van der Waals surface area (Å²) in [4.78, 5) is 14.3. The second-order valence-corrected chi connectivity index (χ2v) is 5.42. The third-order valence-electron chi connectivity index (χ3n) is 1.77. The van der Waals surface area contributed by atoms with Crippen molar-refractivity contribution in [2.45, 2.75) is 13.0 Å². The molecule has 1 amide bonds. The number of amides is 1. The normalized spacial score (nSPS) is 10.0. The van der Waals surface area contributed by atoms with Crippen molar-refractivity contribution >= 4 is 46.1 Å². The number of thiophene rings is 1. The van der Waals surface area contributed by atoms with Crippen LogP contribution in [0.5, 0.6) is 0 Å². The average Bonchev–Trinajstić information content (AvgIpc) is 2.50. The molecule has 0 atom stereocenters. The lowest BCUT2D eigenvalue weighted by molar-refractivity contribution is -0.129. The van der Waals surface area contributed by atoms with Crippen molar-refractivity contribution in [3.63, 3.8) is 0 Å². The van der Waals surface area contributed by atoms with Gasteiger partial charge in [0.15, 0.2) is 0 Å². The largest absolute Gasteiger partial charge is 0.393 e. The fraction of sp³-hybridized carbons (Fsp3) is 0.333. The van der Waals surface area contributed by atoms with E-state index < -0.39 is 0 Å². The zero-order chi connectivity index (χ0) is 11.4. The summed E-state index contributed by atoms with van der Waals surface area (Å²) >= 11 is 11.9. The van der Waals surface area contributed by atoms with Crippen LogP contribution in [0.4, 0.5) is 0 Å². The Bertz CT molecular complexity index is 378. The van der Waals surface area contributed by atoms with E-state index in [2.05, 4.69) is 12.2 Å². The van der Waals surface area contributed by atoms with Crippen LogP contribution in [0.25, 0.3) is 0 Å². The highest BCUT2D eigenvalue weighted by atomic mass is 35.5. The highest BCUT2D eigenvalue weighted by Crippen LogP contribution is 2.22. The molecule has 1 aromatic heterocycles. The molecule has 0 bridgehead atoms. The van der Waals surface area contributed by atoms with Gasteiger partial charge in [-0.25, -0.2) is 0 Å². The number of halogens is 1. The van der Waals surface area contributed by atoms with Crippen LogP contribution in [-0.4, -0.2) is 22.8 Å². The van der Waals surface area contributed by atoms with Gasteiger partial charge in [0.05, 0.1) is 22.3 Å². The Hall–Kier alpha value is -0.650. The zero-order valence-corrected chi connectivity index (χ0v) is 10.6. The van der Waals surface area contributed by atoms with Gasteiger partial charge in [0.25, 0.3) is 0 Å². The fourth-order valence-corrected chi connectivity index (χ4v) is 2.31. The molecule has 0 unspecified atom stereocenters. The van der Waals surface area contributed by atoms with Gasteiger partial charge in [-0.2, -0.15) is 0 Å². The van der Waals surface area contributed by atoms with Gasteiger partial charge in [0.2, 0.25) is 5.91 Å². The topological polar surface area (TPSA) is 46.3 Å². The Morgan fingerprint density at radius 2 is 2.33 bits per heavy atom. The van der Waals surface area contributed by atoms with E-state index in [1.165, 1.54) is 11.3 Å². The van der Waals surface area contributed by atoms with E-state index in [1.807, 2.05) is 12.1 Å². The quantitative estimate of drug-likeness (QED) is 0.845. The molecule has 0 fully saturated rings. The van der Waals surface area contributed by atoms with E-state index in [1.54, 1.807) is 11.9 Å². The van der Waals surface area contributed by atoms with E-state index >= 15 is 0 Å². The molecule has 0 aliphatic carbocycles. The number of rotatable bonds is 4. The Kier molecular flexibility index (Phi) is 4.50. The SMILES string of the molecule is CN(Cc1ccc(Cl)s1)C(=O)CC(N)=S. The molecule has 2 N–H and O–H groups in total. The van der Waals surface area contributed by atoms with Gasteiger partial charge in [-0.1, -0.05) is 23.8 Å². The first kappa shape index (κ1) is 12.4. The van der Waals surface area contributed by atoms with Crippen molar-refractivity contribution in [2.75, 3.05) is 7.05 Å². The Labute approximate surface area is 103 Å². The number of hydrogen-bond donors (Lipinski definition) is 1. The maximum atomic E-state index is 11.5. The van der Waals surface area contributed by atoms with Crippen LogP contribution in [0.2, 0.25) is 4.34 Å². The number of nitrogens with zero attached hydrogens (tertiary/aromatic N) is 1. The van der Waals surface area contributed by atoms with Crippen molar-refractivity contribution in [3.05, 3.63) is 21.3 Å². The first-order valence-electron chi connectivity index (χ1n) is 4.25. The van der Waals surface area contributed by atoms with E-state index in [0.717, 1.165) is 9.21 Å². The maximum Gasteiger partial charge on any atom is 0.229 e. The molecular weight excluding hydrogens is 252 g/mol. The van der Waals surface area contributed by atoms with E-state index in [9.17, 15) is 4.79 Å². The molecule has 0 aliphatic rings. The third-order valence-corrected chi connectivity index (χ3v) is 3.13. The maximum absolute atomic E-state index is 11.5. The fourth-order valence-electron chi connectivity index (χ4n) is 1.04. The van der Waals surface area contributed by atoms with Gasteiger partial charge in [-0.3, -0.25) is 4.79 Å². The van der Waals surface area contributed by atoms with Crippen LogP contribution in [0.15, 0.2) is 12.1 Å². The van der Waals surface area contributed by atoms with Gasteiger partial charge in [-0.15, -0.1) is 11.3 Å². The second-order valence-electron chi connectivity index (χ2n) is 3.10. The predicted molar refractivity (Wildman–Crippen MR) is 67.2 cm³/mol. The molecule has 0 spiro atoms. The summed E-state index contributed by atoms with van der Waals surface area (Å²) in [7, 11) is 1.72. The molecule has 1 heterocycles. The molecule has 0 saturated carbocycles. The molecule has 82 valence electrons. The number of carbonyl (C=O) groups is 1. The first-order chi connectivity index (χ1) is 6.99. The number of nitrogens with two attached hydrogens (primary N) is 1. The van der Waals surface area contributed by atoms with Crippen LogP contribution in [-0.2, 0) is 11.3 Å². The predicted octanol–water partition coefficient (Wildman–Crippen LogP) is 2.04. The molecule has 1 aromatic rings. The Morgan fingerprint density at radius 3 is 2.80 bits per heavy atom. The molecule has 0 radical (unpaired) electrons. The summed E-state index contributed by atoms with van der Waals surface area (Å²) < 4.78 is 0.722.